The highest BCUT2D eigenvalue weighted by atomic mass is 35.5. The number of amides is 1. The molecule has 0 unspecified atom stereocenters. The van der Waals surface area contributed by atoms with Crippen molar-refractivity contribution in [2.45, 2.75) is 18.7 Å². The van der Waals surface area contributed by atoms with Gasteiger partial charge < -0.3 is 5.32 Å². The Balaban J connectivity index is 1.84. The molecule has 0 aliphatic carbocycles. The van der Waals surface area contributed by atoms with Crippen LogP contribution in [0.2, 0.25) is 5.02 Å². The smallest absolute Gasteiger partial charge is 0.257 e. The second-order valence-corrected chi connectivity index (χ2v) is 8.41. The number of anilines is 1. The molecule has 1 N–H and O–H groups in total. The van der Waals surface area contributed by atoms with E-state index in [-0.39, 0.29) is 15.5 Å². The number of imidazole rings is 1. The average Bonchev–Trinajstić information content (AvgIpc) is 3.24. The van der Waals surface area contributed by atoms with Gasteiger partial charge in [0, 0.05) is 25.5 Å². The number of aromatic nitrogens is 3. The van der Waals surface area contributed by atoms with Crippen LogP contribution in [0.1, 0.15) is 24.2 Å². The summed E-state index contributed by atoms with van der Waals surface area (Å²) in [6.07, 6.45) is 6.50. The van der Waals surface area contributed by atoms with Gasteiger partial charge in [0.15, 0.2) is 0 Å². The number of rotatable bonds is 7. The highest BCUT2D eigenvalue weighted by molar-refractivity contribution is 7.89. The molecule has 0 fully saturated rings. The van der Waals surface area contributed by atoms with Crippen molar-refractivity contribution in [1.82, 2.24) is 18.8 Å². The van der Waals surface area contributed by atoms with E-state index in [2.05, 4.69) is 15.3 Å². The van der Waals surface area contributed by atoms with E-state index >= 15 is 0 Å². The van der Waals surface area contributed by atoms with Gasteiger partial charge in [-0.2, -0.15) is 4.31 Å². The van der Waals surface area contributed by atoms with Crippen molar-refractivity contribution in [3.05, 3.63) is 65.8 Å². The third-order valence-electron chi connectivity index (χ3n) is 4.30. The van der Waals surface area contributed by atoms with E-state index in [1.54, 1.807) is 49.3 Å². The second kappa shape index (κ2) is 8.73. The Kier molecular flexibility index (Phi) is 6.31. The summed E-state index contributed by atoms with van der Waals surface area (Å²) in [5.74, 6) is 0.120. The van der Waals surface area contributed by atoms with Gasteiger partial charge in [-0.25, -0.2) is 18.4 Å². The Labute approximate surface area is 174 Å². The Morgan fingerprint density at radius 3 is 2.55 bits per heavy atom. The minimum absolute atomic E-state index is 0.0179. The molecule has 2 aromatic heterocycles. The van der Waals surface area contributed by atoms with Gasteiger partial charge in [0.05, 0.1) is 27.4 Å². The minimum Gasteiger partial charge on any atom is -0.321 e. The summed E-state index contributed by atoms with van der Waals surface area (Å²) in [6.45, 7) is 4.17. The fraction of sp³-hybridized carbons (Fsp3) is 0.211. The zero-order chi connectivity index (χ0) is 21.0. The molecule has 8 nitrogen and oxygen atoms in total. The highest BCUT2D eigenvalue weighted by Crippen LogP contribution is 2.24. The lowest BCUT2D eigenvalue weighted by Crippen LogP contribution is -2.30. The van der Waals surface area contributed by atoms with E-state index in [0.29, 0.717) is 24.6 Å². The van der Waals surface area contributed by atoms with Gasteiger partial charge in [-0.1, -0.05) is 25.4 Å². The zero-order valence-corrected chi connectivity index (χ0v) is 17.5. The molecular formula is C19H20ClN5O3S. The lowest BCUT2D eigenvalue weighted by molar-refractivity contribution is 0.102. The number of halogens is 1. The van der Waals surface area contributed by atoms with Crippen molar-refractivity contribution in [3.63, 3.8) is 0 Å². The molecule has 0 bridgehead atoms. The molecule has 0 saturated heterocycles. The van der Waals surface area contributed by atoms with E-state index in [0.717, 1.165) is 0 Å². The molecular weight excluding hydrogens is 414 g/mol. The summed E-state index contributed by atoms with van der Waals surface area (Å²) >= 11 is 6.15. The van der Waals surface area contributed by atoms with Crippen molar-refractivity contribution < 1.29 is 13.2 Å². The normalized spacial score (nSPS) is 11.6. The van der Waals surface area contributed by atoms with Gasteiger partial charge in [-0.05, 0) is 30.3 Å². The lowest BCUT2D eigenvalue weighted by atomic mass is 10.2. The van der Waals surface area contributed by atoms with Crippen molar-refractivity contribution >= 4 is 33.2 Å². The van der Waals surface area contributed by atoms with Gasteiger partial charge in [-0.3, -0.25) is 9.36 Å². The van der Waals surface area contributed by atoms with E-state index < -0.39 is 15.9 Å². The van der Waals surface area contributed by atoms with Crippen molar-refractivity contribution in [1.29, 1.82) is 0 Å². The molecule has 0 spiro atoms. The van der Waals surface area contributed by atoms with Crippen LogP contribution in [0.25, 0.3) is 5.82 Å². The predicted octanol–water partition coefficient (Wildman–Crippen LogP) is 3.20. The van der Waals surface area contributed by atoms with Crippen LogP contribution in [-0.4, -0.2) is 46.3 Å². The van der Waals surface area contributed by atoms with Crippen LogP contribution in [0, 0.1) is 0 Å². The first kappa shape index (κ1) is 21.0. The summed E-state index contributed by atoms with van der Waals surface area (Å²) in [5.41, 5.74) is 0.519. The molecule has 3 aromatic rings. The number of nitrogens with one attached hydrogen (secondary N) is 1. The Morgan fingerprint density at radius 2 is 1.97 bits per heavy atom. The Hall–Kier alpha value is -2.75. The molecule has 0 radical (unpaired) electrons. The van der Waals surface area contributed by atoms with Crippen molar-refractivity contribution in [2.75, 3.05) is 18.4 Å². The maximum atomic E-state index is 12.7. The molecule has 2 heterocycles. The van der Waals surface area contributed by atoms with E-state index in [4.69, 9.17) is 11.6 Å². The molecule has 0 aliphatic rings. The largest absolute Gasteiger partial charge is 0.321 e. The average molecular weight is 434 g/mol. The van der Waals surface area contributed by atoms with Crippen LogP contribution in [0.5, 0.6) is 0 Å². The first-order valence-electron chi connectivity index (χ1n) is 8.92. The van der Waals surface area contributed by atoms with Crippen LogP contribution in [-0.2, 0) is 10.0 Å². The predicted molar refractivity (Wildman–Crippen MR) is 111 cm³/mol. The van der Waals surface area contributed by atoms with E-state index in [1.165, 1.54) is 28.7 Å². The summed E-state index contributed by atoms with van der Waals surface area (Å²) in [4.78, 5) is 20.9. The molecule has 10 heteroatoms. The van der Waals surface area contributed by atoms with Gasteiger partial charge in [0.25, 0.3) is 5.91 Å². The summed E-state index contributed by atoms with van der Waals surface area (Å²) in [6, 6.07) is 7.50. The quantitative estimate of drug-likeness (QED) is 0.617. The third kappa shape index (κ3) is 4.47. The molecule has 1 aromatic carbocycles. The number of sulfonamides is 1. The van der Waals surface area contributed by atoms with Crippen LogP contribution in [0.3, 0.4) is 0 Å². The Bertz CT molecular complexity index is 1100. The number of pyridine rings is 1. The summed E-state index contributed by atoms with van der Waals surface area (Å²) < 4.78 is 28.5. The van der Waals surface area contributed by atoms with Crippen LogP contribution >= 0.6 is 11.6 Å². The first-order valence-corrected chi connectivity index (χ1v) is 10.7. The molecule has 0 atom stereocenters. The van der Waals surface area contributed by atoms with Crippen LogP contribution in [0.15, 0.2) is 60.1 Å². The first-order chi connectivity index (χ1) is 13.9. The highest BCUT2D eigenvalue weighted by Gasteiger charge is 2.24. The maximum Gasteiger partial charge on any atom is 0.257 e. The van der Waals surface area contributed by atoms with Gasteiger partial charge in [0.2, 0.25) is 10.0 Å². The monoisotopic (exact) mass is 433 g/mol. The van der Waals surface area contributed by atoms with Crippen molar-refractivity contribution in [2.24, 2.45) is 0 Å². The summed E-state index contributed by atoms with van der Waals surface area (Å²) in [7, 11) is -3.70. The number of hydrogen-bond donors (Lipinski definition) is 1. The fourth-order valence-corrected chi connectivity index (χ4v) is 4.45. The third-order valence-corrected chi connectivity index (χ3v) is 6.68. The van der Waals surface area contributed by atoms with E-state index in [9.17, 15) is 13.2 Å². The standard InChI is InChI=1S/C19H20ClN5O3S/c1-3-25(4-2)29(27,28)15-6-7-17(20)16(11-15)19(26)23-14-5-8-18(22-12-14)24-10-9-21-13-24/h5-13H,3-4H2,1-2H3,(H,23,26). The molecule has 0 saturated carbocycles. The van der Waals surface area contributed by atoms with Crippen LogP contribution in [0.4, 0.5) is 5.69 Å². The van der Waals surface area contributed by atoms with Crippen molar-refractivity contribution in [3.8, 4) is 5.82 Å². The number of carbonyl (C=O) groups is 1. The zero-order valence-electron chi connectivity index (χ0n) is 15.9. The topological polar surface area (TPSA) is 97.2 Å². The number of hydrogen-bond acceptors (Lipinski definition) is 5. The number of carbonyl (C=O) groups excluding carboxylic acids is 1. The second-order valence-electron chi connectivity index (χ2n) is 6.06. The molecule has 29 heavy (non-hydrogen) atoms. The molecule has 3 rings (SSSR count). The van der Waals surface area contributed by atoms with Crippen LogP contribution < -0.4 is 5.32 Å². The maximum absolute atomic E-state index is 12.7. The minimum atomic E-state index is -3.70. The van der Waals surface area contributed by atoms with Gasteiger partial charge in [-0.15, -0.1) is 0 Å². The molecule has 1 amide bonds. The summed E-state index contributed by atoms with van der Waals surface area (Å²) in [5, 5.41) is 2.84. The Morgan fingerprint density at radius 1 is 1.21 bits per heavy atom. The van der Waals surface area contributed by atoms with E-state index in [1.807, 2.05) is 0 Å². The fourth-order valence-electron chi connectivity index (χ4n) is 2.76. The molecule has 0 aliphatic heterocycles. The SMILES string of the molecule is CCN(CC)S(=O)(=O)c1ccc(Cl)c(C(=O)Nc2ccc(-n3ccnc3)nc2)c1. The number of benzene rings is 1. The number of nitrogens with zero attached hydrogens (tertiary/aromatic N) is 4. The molecule has 152 valence electrons. The van der Waals surface area contributed by atoms with Gasteiger partial charge in [0.1, 0.15) is 12.1 Å². The van der Waals surface area contributed by atoms with Gasteiger partial charge >= 0.3 is 0 Å². The lowest BCUT2D eigenvalue weighted by Gasteiger charge is -2.19.